The van der Waals surface area contributed by atoms with Crippen LogP contribution < -0.4 is 4.74 Å². The van der Waals surface area contributed by atoms with Gasteiger partial charge in [-0.05, 0) is 24.6 Å². The van der Waals surface area contributed by atoms with Crippen LogP contribution in [0.3, 0.4) is 0 Å². The van der Waals surface area contributed by atoms with Crippen molar-refractivity contribution in [3.05, 3.63) is 28.2 Å². The summed E-state index contributed by atoms with van der Waals surface area (Å²) in [5.41, 5.74) is 1.29. The van der Waals surface area contributed by atoms with E-state index in [1.807, 2.05) is 0 Å². The van der Waals surface area contributed by atoms with E-state index in [-0.39, 0.29) is 17.2 Å². The van der Waals surface area contributed by atoms with E-state index in [9.17, 15) is 25.7 Å². The smallest absolute Gasteiger partial charge is 0.496 e. The van der Waals surface area contributed by atoms with Gasteiger partial charge in [0.15, 0.2) is 9.84 Å². The first-order chi connectivity index (χ1) is 9.96. The Bertz CT molecular complexity index is 651. The minimum Gasteiger partial charge on any atom is -0.496 e. The average Bonchev–Trinajstić information content (AvgIpc) is 2.37. The van der Waals surface area contributed by atoms with Gasteiger partial charge in [0.25, 0.3) is 0 Å². The van der Waals surface area contributed by atoms with E-state index < -0.39 is 17.1 Å². The zero-order valence-electron chi connectivity index (χ0n) is 12.2. The Morgan fingerprint density at radius 2 is 1.77 bits per heavy atom. The van der Waals surface area contributed by atoms with Crippen molar-refractivity contribution >= 4 is 17.1 Å². The number of sulfone groups is 1. The van der Waals surface area contributed by atoms with Crippen molar-refractivity contribution in [2.75, 3.05) is 12.9 Å². The molecule has 0 aliphatic carbocycles. The normalized spacial score (nSPS) is 11.2. The van der Waals surface area contributed by atoms with Gasteiger partial charge in [-0.25, -0.2) is 8.42 Å². The number of hydrogen-bond acceptors (Lipinski definition) is 4. The molecule has 1 aromatic carbocycles. The zero-order valence-corrected chi connectivity index (χ0v) is 13.0. The number of aryl methyl sites for hydroxylation is 1. The summed E-state index contributed by atoms with van der Waals surface area (Å²) in [4.78, 5) is 3.30. The van der Waals surface area contributed by atoms with Gasteiger partial charge in [-0.15, -0.1) is 0 Å². The van der Waals surface area contributed by atoms with Crippen LogP contribution >= 0.6 is 0 Å². The molecule has 0 saturated carbocycles. The molecular weight excluding hydrogens is 327 g/mol. The summed E-state index contributed by atoms with van der Waals surface area (Å²) >= 11 is 0. The lowest BCUT2D eigenvalue weighted by Gasteiger charge is -2.10. The average molecular weight is 342 g/mol. The molecule has 0 spiro atoms. The molecular formula is C11H15BF4N2O3S. The highest BCUT2D eigenvalue weighted by molar-refractivity contribution is 7.91. The van der Waals surface area contributed by atoms with Gasteiger partial charge in [0.05, 0.1) is 23.3 Å². The zero-order chi connectivity index (χ0) is 17.6. The van der Waals surface area contributed by atoms with E-state index in [4.69, 9.17) is 10.1 Å². The molecule has 22 heavy (non-hydrogen) atoms. The van der Waals surface area contributed by atoms with Crippen molar-refractivity contribution in [1.82, 2.24) is 0 Å². The number of halogens is 4. The maximum absolute atomic E-state index is 11.8. The summed E-state index contributed by atoms with van der Waals surface area (Å²) < 4.78 is 67.8. The van der Waals surface area contributed by atoms with Crippen molar-refractivity contribution in [2.45, 2.75) is 25.3 Å². The number of methoxy groups -OCH3 is 1. The molecule has 0 saturated heterocycles. The number of hydrogen-bond donors (Lipinski definition) is 0. The molecule has 0 aromatic heterocycles. The lowest BCUT2D eigenvalue weighted by molar-refractivity contribution is 0.368. The van der Waals surface area contributed by atoms with Gasteiger partial charge in [0.1, 0.15) is 10.7 Å². The second-order valence-corrected chi connectivity index (χ2v) is 6.37. The van der Waals surface area contributed by atoms with E-state index >= 15 is 0 Å². The summed E-state index contributed by atoms with van der Waals surface area (Å²) in [6, 6.07) is 3.15. The summed E-state index contributed by atoms with van der Waals surface area (Å²) in [7, 11) is -7.81. The Hall–Kier alpha value is -1.83. The Balaban J connectivity index is 0.000000763. The fraction of sp³-hybridized carbons (Fsp3) is 0.455. The molecule has 5 nitrogen and oxygen atoms in total. The first kappa shape index (κ1) is 20.2. The lowest BCUT2D eigenvalue weighted by Crippen LogP contribution is -2.07. The second-order valence-electron chi connectivity index (χ2n) is 4.13. The minimum atomic E-state index is -6.00. The monoisotopic (exact) mass is 342 g/mol. The van der Waals surface area contributed by atoms with Crippen LogP contribution in [-0.2, 0) is 16.4 Å². The van der Waals surface area contributed by atoms with Crippen LogP contribution in [0.5, 0.6) is 5.75 Å². The van der Waals surface area contributed by atoms with Crippen molar-refractivity contribution in [2.24, 2.45) is 0 Å². The van der Waals surface area contributed by atoms with E-state index in [0.29, 0.717) is 16.9 Å². The maximum Gasteiger partial charge on any atom is 0.673 e. The van der Waals surface area contributed by atoms with E-state index in [1.165, 1.54) is 13.2 Å². The third-order valence-corrected chi connectivity index (χ3v) is 4.40. The minimum absolute atomic E-state index is 0.0424. The Morgan fingerprint density at radius 1 is 1.27 bits per heavy atom. The molecule has 0 fully saturated rings. The summed E-state index contributed by atoms with van der Waals surface area (Å²) in [5.74, 6) is 0.459. The predicted octanol–water partition coefficient (Wildman–Crippen LogP) is 3.45. The summed E-state index contributed by atoms with van der Waals surface area (Å²) in [6.07, 6.45) is 0. The summed E-state index contributed by atoms with van der Waals surface area (Å²) in [6.45, 7) is 3.39. The third kappa shape index (κ3) is 6.75. The number of ether oxygens (including phenoxy) is 1. The van der Waals surface area contributed by atoms with Crippen LogP contribution in [0, 0.1) is 12.3 Å². The van der Waals surface area contributed by atoms with Gasteiger partial charge in [-0.1, -0.05) is 6.92 Å². The van der Waals surface area contributed by atoms with Gasteiger partial charge in [0.2, 0.25) is 5.39 Å². The van der Waals surface area contributed by atoms with Gasteiger partial charge in [0, 0.05) is 0 Å². The largest absolute Gasteiger partial charge is 0.673 e. The van der Waals surface area contributed by atoms with E-state index in [0.717, 1.165) is 0 Å². The molecule has 0 aliphatic rings. The van der Waals surface area contributed by atoms with Gasteiger partial charge >= 0.3 is 13.8 Å². The van der Waals surface area contributed by atoms with E-state index in [2.05, 4.69) is 4.98 Å². The molecule has 11 heteroatoms. The first-order valence-corrected chi connectivity index (χ1v) is 7.70. The molecule has 124 valence electrons. The topological polar surface area (TPSA) is 71.5 Å². The summed E-state index contributed by atoms with van der Waals surface area (Å²) in [5, 5.41) is 8.56. The van der Waals surface area contributed by atoms with Crippen molar-refractivity contribution in [1.29, 1.82) is 5.39 Å². The van der Waals surface area contributed by atoms with E-state index in [1.54, 1.807) is 19.9 Å². The standard InChI is InChI=1S/C11H15N2O3S.BF4/c1-4-17(14,15)11-6-10(16-3)9(7-13-12)5-8(11)2;2-1(3,4)5/h5-6H,4,7H2,1-3H3;/q+1;-1. The third-order valence-electron chi connectivity index (χ3n) is 2.53. The Kier molecular flexibility index (Phi) is 7.32. The fourth-order valence-corrected chi connectivity index (χ4v) is 2.76. The maximum atomic E-state index is 11.8. The molecule has 0 atom stereocenters. The quantitative estimate of drug-likeness (QED) is 0.477. The van der Waals surface area contributed by atoms with Gasteiger partial charge in [-0.2, -0.15) is 0 Å². The highest BCUT2D eigenvalue weighted by atomic mass is 32.2. The SMILES string of the molecule is CCS(=O)(=O)c1cc(OC)c(C[N+]#N)cc1C.F[B-](F)(F)F. The van der Waals surface area contributed by atoms with Crippen LogP contribution in [-0.4, -0.2) is 28.5 Å². The van der Waals surface area contributed by atoms with Crippen LogP contribution in [0.1, 0.15) is 18.1 Å². The molecule has 0 aliphatic heterocycles. The number of diazo groups is 1. The highest BCUT2D eigenvalue weighted by Crippen LogP contribution is 2.27. The first-order valence-electron chi connectivity index (χ1n) is 6.04. The van der Waals surface area contributed by atoms with Crippen molar-refractivity contribution < 1.29 is 30.4 Å². The Labute approximate surface area is 125 Å². The molecule has 0 bridgehead atoms. The Morgan fingerprint density at radius 3 is 2.14 bits per heavy atom. The highest BCUT2D eigenvalue weighted by Gasteiger charge is 2.21. The number of rotatable bonds is 4. The van der Waals surface area contributed by atoms with Crippen LogP contribution in [0.2, 0.25) is 0 Å². The van der Waals surface area contributed by atoms with Crippen LogP contribution in [0.15, 0.2) is 17.0 Å². The predicted molar refractivity (Wildman–Crippen MR) is 74.4 cm³/mol. The molecule has 0 amide bonds. The molecule has 0 N–H and O–H groups in total. The molecule has 0 radical (unpaired) electrons. The fourth-order valence-electron chi connectivity index (χ4n) is 1.61. The molecule has 0 heterocycles. The second kappa shape index (κ2) is 7.98. The molecule has 0 unspecified atom stereocenters. The molecule has 1 rings (SSSR count). The number of nitrogens with zero attached hydrogens (tertiary/aromatic N) is 2. The van der Waals surface area contributed by atoms with Crippen molar-refractivity contribution in [3.8, 4) is 5.75 Å². The van der Waals surface area contributed by atoms with Gasteiger partial charge < -0.3 is 22.0 Å². The molecule has 1 aromatic rings. The van der Waals surface area contributed by atoms with Crippen LogP contribution in [0.4, 0.5) is 17.3 Å². The number of benzene rings is 1. The van der Waals surface area contributed by atoms with Crippen LogP contribution in [0.25, 0.3) is 4.98 Å². The van der Waals surface area contributed by atoms with Crippen molar-refractivity contribution in [3.63, 3.8) is 0 Å². The van der Waals surface area contributed by atoms with Gasteiger partial charge in [-0.3, -0.25) is 0 Å². The lowest BCUT2D eigenvalue weighted by atomic mass is 10.1.